The molecule has 0 aliphatic carbocycles. The van der Waals surface area contributed by atoms with Crippen LogP contribution in [0, 0.1) is 0 Å². The fraction of sp³-hybridized carbons (Fsp3) is 1.00. The maximum Gasteiger partial charge on any atom is 0.0594 e. The van der Waals surface area contributed by atoms with Crippen LogP contribution in [0.5, 0.6) is 0 Å². The molecule has 0 aromatic rings. The molecule has 0 aromatic carbocycles. The third kappa shape index (κ3) is 8.52. The summed E-state index contributed by atoms with van der Waals surface area (Å²) >= 11 is 0. The van der Waals surface area contributed by atoms with Crippen LogP contribution in [0.3, 0.4) is 0 Å². The van der Waals surface area contributed by atoms with Crippen LogP contribution < -0.4 is 0 Å². The van der Waals surface area contributed by atoms with Gasteiger partial charge in [-0.25, -0.2) is 0 Å². The third-order valence-electron chi connectivity index (χ3n) is 4.38. The van der Waals surface area contributed by atoms with E-state index in [1.165, 1.54) is 63.9 Å². The van der Waals surface area contributed by atoms with Crippen molar-refractivity contribution in [2.45, 2.75) is 85.5 Å². The first kappa shape index (κ1) is 18.4. The first-order valence-electron chi connectivity index (χ1n) is 8.59. The normalized spacial score (nSPS) is 12.0. The molecule has 110 valence electrons. The molecule has 0 rings (SSSR count). The van der Waals surface area contributed by atoms with E-state index in [4.69, 9.17) is 0 Å². The van der Waals surface area contributed by atoms with Crippen LogP contribution in [-0.4, -0.2) is 24.6 Å². The van der Waals surface area contributed by atoms with Gasteiger partial charge in [-0.1, -0.05) is 52.9 Å². The Kier molecular flexibility index (Phi) is 12.8. The van der Waals surface area contributed by atoms with Crippen molar-refractivity contribution in [3.63, 3.8) is 0 Å². The summed E-state index contributed by atoms with van der Waals surface area (Å²) in [5, 5.41) is 0. The molecule has 18 heavy (non-hydrogen) atoms. The highest BCUT2D eigenvalue weighted by atomic mass is 31.2. The van der Waals surface area contributed by atoms with Crippen LogP contribution in [0.2, 0.25) is 0 Å². The number of hydrogen-bond acceptors (Lipinski definition) is 0. The van der Waals surface area contributed by atoms with E-state index in [2.05, 4.69) is 27.7 Å². The van der Waals surface area contributed by atoms with E-state index in [-0.39, 0.29) is 0 Å². The fourth-order valence-electron chi connectivity index (χ4n) is 2.85. The second-order valence-electron chi connectivity index (χ2n) is 5.95. The predicted molar refractivity (Wildman–Crippen MR) is 90.6 cm³/mol. The topological polar surface area (TPSA) is 0 Å². The Balaban J connectivity index is 4.07. The molecule has 0 saturated heterocycles. The Labute approximate surface area is 118 Å². The summed E-state index contributed by atoms with van der Waals surface area (Å²) < 4.78 is 0. The second-order valence-corrected chi connectivity index (χ2v) is 10.6. The van der Waals surface area contributed by atoms with Crippen molar-refractivity contribution >= 4 is 7.26 Å². The van der Waals surface area contributed by atoms with Gasteiger partial charge in [-0.05, 0) is 32.6 Å². The summed E-state index contributed by atoms with van der Waals surface area (Å²) in [6, 6.07) is 0. The molecular weight excluding hydrogens is 235 g/mol. The average molecular weight is 273 g/mol. The first-order valence-corrected chi connectivity index (χ1v) is 11.1. The minimum absolute atomic E-state index is 0.559. The fourth-order valence-corrected chi connectivity index (χ4v) is 7.34. The van der Waals surface area contributed by atoms with E-state index in [1.54, 1.807) is 18.5 Å². The average Bonchev–Trinajstić information content (AvgIpc) is 2.41. The Morgan fingerprint density at radius 3 is 1.39 bits per heavy atom. The minimum atomic E-state index is -0.559. The molecule has 0 heterocycles. The zero-order valence-corrected chi connectivity index (χ0v) is 14.5. The van der Waals surface area contributed by atoms with E-state index < -0.39 is 7.26 Å². The summed E-state index contributed by atoms with van der Waals surface area (Å²) in [4.78, 5) is 0. The molecule has 0 unspecified atom stereocenters. The highest BCUT2D eigenvalue weighted by molar-refractivity contribution is 7.75. The lowest BCUT2D eigenvalue weighted by molar-refractivity contribution is 0.656. The summed E-state index contributed by atoms with van der Waals surface area (Å²) in [7, 11) is -0.559. The van der Waals surface area contributed by atoms with Crippen LogP contribution in [0.25, 0.3) is 0 Å². The summed E-state index contributed by atoms with van der Waals surface area (Å²) in [5.74, 6) is 0. The summed E-state index contributed by atoms with van der Waals surface area (Å²) in [5.41, 5.74) is 0. The van der Waals surface area contributed by atoms with Gasteiger partial charge in [0, 0.05) is 7.26 Å². The van der Waals surface area contributed by atoms with Crippen molar-refractivity contribution < 1.29 is 0 Å². The van der Waals surface area contributed by atoms with Gasteiger partial charge in [-0.15, -0.1) is 0 Å². The third-order valence-corrected chi connectivity index (χ3v) is 9.52. The van der Waals surface area contributed by atoms with Crippen molar-refractivity contribution in [3.8, 4) is 0 Å². The van der Waals surface area contributed by atoms with E-state index in [0.717, 1.165) is 0 Å². The van der Waals surface area contributed by atoms with Crippen LogP contribution in [0.1, 0.15) is 85.5 Å². The van der Waals surface area contributed by atoms with E-state index in [0.29, 0.717) is 0 Å². The molecule has 0 saturated carbocycles. The molecule has 0 spiro atoms. The highest BCUT2D eigenvalue weighted by Crippen LogP contribution is 2.60. The van der Waals surface area contributed by atoms with Crippen LogP contribution in [-0.2, 0) is 0 Å². The van der Waals surface area contributed by atoms with Crippen LogP contribution in [0.4, 0.5) is 0 Å². The smallest absolute Gasteiger partial charge is 0.0594 e. The Hall–Kier alpha value is 0.430. The van der Waals surface area contributed by atoms with Crippen molar-refractivity contribution in [2.75, 3.05) is 24.6 Å². The highest BCUT2D eigenvalue weighted by Gasteiger charge is 2.32. The van der Waals surface area contributed by atoms with Crippen LogP contribution >= 0.6 is 7.26 Å². The summed E-state index contributed by atoms with van der Waals surface area (Å²) in [6.45, 7) is 9.49. The molecule has 0 bridgehead atoms. The predicted octanol–water partition coefficient (Wildman–Crippen LogP) is 6.59. The molecule has 0 aromatic heterocycles. The monoisotopic (exact) mass is 273 g/mol. The van der Waals surface area contributed by atoms with E-state index in [1.807, 2.05) is 0 Å². The zero-order chi connectivity index (χ0) is 13.7. The maximum atomic E-state index is 2.48. The SMILES string of the molecule is CCCCCCC[P+](CC)(CCCC)CCCC. The van der Waals surface area contributed by atoms with Gasteiger partial charge in [0.2, 0.25) is 0 Å². The number of rotatable bonds is 13. The van der Waals surface area contributed by atoms with Gasteiger partial charge in [0.1, 0.15) is 0 Å². The molecule has 0 aliphatic heterocycles. The summed E-state index contributed by atoms with van der Waals surface area (Å²) in [6.07, 6.45) is 19.4. The van der Waals surface area contributed by atoms with E-state index >= 15 is 0 Å². The lowest BCUT2D eigenvalue weighted by Crippen LogP contribution is -2.11. The standard InChI is InChI=1S/C17H38P/c1-5-9-12-13-14-17-18(8-4,15-10-6-2)16-11-7-3/h5-17H2,1-4H3/q+1. The molecule has 0 amide bonds. The molecule has 0 atom stereocenters. The lowest BCUT2D eigenvalue weighted by Gasteiger charge is -2.26. The van der Waals surface area contributed by atoms with Crippen molar-refractivity contribution in [3.05, 3.63) is 0 Å². The second kappa shape index (κ2) is 12.5. The molecule has 1 heteroatoms. The Morgan fingerprint density at radius 1 is 0.500 bits per heavy atom. The molecule has 0 N–H and O–H groups in total. The van der Waals surface area contributed by atoms with Gasteiger partial charge in [-0.2, -0.15) is 0 Å². The minimum Gasteiger partial charge on any atom is -0.0654 e. The van der Waals surface area contributed by atoms with Gasteiger partial charge in [0.15, 0.2) is 0 Å². The van der Waals surface area contributed by atoms with Gasteiger partial charge in [-0.3, -0.25) is 0 Å². The molecule has 0 aliphatic rings. The maximum absolute atomic E-state index is 2.48. The molecule has 0 radical (unpaired) electrons. The van der Waals surface area contributed by atoms with Crippen LogP contribution in [0.15, 0.2) is 0 Å². The van der Waals surface area contributed by atoms with Gasteiger partial charge < -0.3 is 0 Å². The van der Waals surface area contributed by atoms with Gasteiger partial charge in [0.05, 0.1) is 24.6 Å². The molecule has 0 fully saturated rings. The van der Waals surface area contributed by atoms with E-state index in [9.17, 15) is 0 Å². The van der Waals surface area contributed by atoms with Crippen molar-refractivity contribution in [1.82, 2.24) is 0 Å². The van der Waals surface area contributed by atoms with Crippen molar-refractivity contribution in [2.24, 2.45) is 0 Å². The Morgan fingerprint density at radius 2 is 0.944 bits per heavy atom. The number of unbranched alkanes of at least 4 members (excludes halogenated alkanes) is 6. The van der Waals surface area contributed by atoms with Crippen molar-refractivity contribution in [1.29, 1.82) is 0 Å². The molecule has 0 nitrogen and oxygen atoms in total. The zero-order valence-electron chi connectivity index (χ0n) is 13.6. The quantitative estimate of drug-likeness (QED) is 0.262. The van der Waals surface area contributed by atoms with Gasteiger partial charge in [0.25, 0.3) is 0 Å². The number of hydrogen-bond donors (Lipinski definition) is 0. The lowest BCUT2D eigenvalue weighted by atomic mass is 10.2. The largest absolute Gasteiger partial charge is 0.0654 e. The Bertz CT molecular complexity index is 157. The first-order chi connectivity index (χ1) is 8.74. The van der Waals surface area contributed by atoms with Gasteiger partial charge >= 0.3 is 0 Å². The molecular formula is C17H38P+.